The lowest BCUT2D eigenvalue weighted by Gasteiger charge is -2.56. The number of fused-ring (bicyclic) bond motifs is 5. The summed E-state index contributed by atoms with van der Waals surface area (Å²) in [5.41, 5.74) is 1.47. The van der Waals surface area contributed by atoms with Crippen LogP contribution >= 0.6 is 0 Å². The Bertz CT molecular complexity index is 570. The Labute approximate surface area is 126 Å². The van der Waals surface area contributed by atoms with Gasteiger partial charge in [0.05, 0.1) is 6.61 Å². The third-order valence-corrected chi connectivity index (χ3v) is 6.95. The molecule has 0 aromatic carbocycles. The molecule has 2 nitrogen and oxygen atoms in total. The summed E-state index contributed by atoms with van der Waals surface area (Å²) in [6.45, 7) is 2.62. The molecule has 4 rings (SSSR count). The summed E-state index contributed by atoms with van der Waals surface area (Å²) < 4.78 is 0. The summed E-state index contributed by atoms with van der Waals surface area (Å²) in [5.74, 6) is 2.07. The average Bonchev–Trinajstić information content (AvgIpc) is 2.92. The van der Waals surface area contributed by atoms with E-state index in [2.05, 4.69) is 25.2 Å². The fourth-order valence-electron chi connectivity index (χ4n) is 5.76. The van der Waals surface area contributed by atoms with Gasteiger partial charge in [0.1, 0.15) is 0 Å². The highest BCUT2D eigenvalue weighted by Crippen LogP contribution is 2.62. The number of hydrogen-bond donors (Lipinski definition) is 1. The van der Waals surface area contributed by atoms with Crippen LogP contribution in [0.3, 0.4) is 0 Å². The first kappa shape index (κ1) is 13.5. The second kappa shape index (κ2) is 4.42. The number of hydrogen-bond acceptors (Lipinski definition) is 2. The zero-order valence-electron chi connectivity index (χ0n) is 12.7. The topological polar surface area (TPSA) is 37.3 Å². The molecule has 1 N–H and O–H groups in total. The Morgan fingerprint density at radius 1 is 1.29 bits per heavy atom. The highest BCUT2D eigenvalue weighted by molar-refractivity contribution is 6.01. The van der Waals surface area contributed by atoms with Gasteiger partial charge < -0.3 is 5.11 Å². The van der Waals surface area contributed by atoms with E-state index in [9.17, 15) is 9.90 Å². The molecule has 21 heavy (non-hydrogen) atoms. The van der Waals surface area contributed by atoms with E-state index in [-0.39, 0.29) is 16.6 Å². The molecule has 2 fully saturated rings. The summed E-state index contributed by atoms with van der Waals surface area (Å²) in [5, 5.41) is 9.95. The first-order valence-corrected chi connectivity index (χ1v) is 8.32. The highest BCUT2D eigenvalue weighted by Gasteiger charge is 2.55. The molecule has 4 aliphatic carbocycles. The van der Waals surface area contributed by atoms with Crippen LogP contribution in [0.4, 0.5) is 0 Å². The van der Waals surface area contributed by atoms with Crippen molar-refractivity contribution in [2.24, 2.45) is 28.6 Å². The number of allylic oxidation sites excluding steroid dienone is 5. The van der Waals surface area contributed by atoms with E-state index < -0.39 is 0 Å². The van der Waals surface area contributed by atoms with Gasteiger partial charge in [-0.3, -0.25) is 4.79 Å². The zero-order valence-corrected chi connectivity index (χ0v) is 12.7. The Morgan fingerprint density at radius 3 is 2.95 bits per heavy atom. The molecule has 4 aliphatic rings. The van der Waals surface area contributed by atoms with Gasteiger partial charge in [0.15, 0.2) is 5.78 Å². The molecule has 0 radical (unpaired) electrons. The van der Waals surface area contributed by atoms with Crippen molar-refractivity contribution in [3.05, 3.63) is 36.0 Å². The average molecular weight is 284 g/mol. The Morgan fingerprint density at radius 2 is 2.14 bits per heavy atom. The van der Waals surface area contributed by atoms with Gasteiger partial charge in [-0.05, 0) is 62.0 Å². The number of aliphatic hydroxyl groups is 1. The molecule has 2 heteroatoms. The van der Waals surface area contributed by atoms with Gasteiger partial charge in [0, 0.05) is 10.8 Å². The van der Waals surface area contributed by atoms with E-state index in [1.807, 2.05) is 6.08 Å². The molecule has 2 saturated carbocycles. The van der Waals surface area contributed by atoms with Crippen LogP contribution < -0.4 is 0 Å². The SMILES string of the molecule is C[C@]12C=CC(=O)C=C1CC[C@H]1[C@@H]3CC=C[C@@]3(CO)CC[C@@H]12. The van der Waals surface area contributed by atoms with Gasteiger partial charge >= 0.3 is 0 Å². The van der Waals surface area contributed by atoms with Crippen molar-refractivity contribution >= 4 is 5.78 Å². The minimum Gasteiger partial charge on any atom is -0.395 e. The maximum Gasteiger partial charge on any atom is 0.178 e. The second-order valence-electron chi connectivity index (χ2n) is 7.67. The van der Waals surface area contributed by atoms with Crippen molar-refractivity contribution in [3.8, 4) is 0 Å². The first-order valence-electron chi connectivity index (χ1n) is 8.32. The molecule has 112 valence electrons. The normalized spacial score (nSPS) is 47.6. The zero-order chi connectivity index (χ0) is 14.7. The van der Waals surface area contributed by atoms with E-state index in [1.165, 1.54) is 18.4 Å². The molecule has 0 bridgehead atoms. The molecule has 5 atom stereocenters. The van der Waals surface area contributed by atoms with Gasteiger partial charge in [0.25, 0.3) is 0 Å². The van der Waals surface area contributed by atoms with E-state index in [0.717, 1.165) is 19.3 Å². The monoisotopic (exact) mass is 284 g/mol. The van der Waals surface area contributed by atoms with Gasteiger partial charge in [-0.25, -0.2) is 0 Å². The number of carbonyl (C=O) groups excluding carboxylic acids is 1. The molecule has 0 saturated heterocycles. The molecular weight excluding hydrogens is 260 g/mol. The number of ketones is 1. The standard InChI is InChI=1S/C19H24O2/c1-18-9-6-14(21)11-13(18)4-5-15-16(18)7-10-19(12-20)8-2-3-17(15)19/h2,6,8-9,11,15-17,20H,3-5,7,10,12H2,1H3/t15-,16+,17+,18+,19+/m1/s1. The van der Waals surface area contributed by atoms with Crippen molar-refractivity contribution in [2.75, 3.05) is 6.61 Å². The van der Waals surface area contributed by atoms with E-state index in [1.54, 1.807) is 6.08 Å². The molecule has 0 spiro atoms. The maximum atomic E-state index is 11.7. The Balaban J connectivity index is 1.71. The number of rotatable bonds is 1. The molecular formula is C19H24O2. The summed E-state index contributed by atoms with van der Waals surface area (Å²) in [6, 6.07) is 0. The minimum absolute atomic E-state index is 0.0486. The molecule has 0 heterocycles. The molecule has 0 aliphatic heterocycles. The largest absolute Gasteiger partial charge is 0.395 e. The highest BCUT2D eigenvalue weighted by atomic mass is 16.3. The number of aliphatic hydroxyl groups excluding tert-OH is 1. The summed E-state index contributed by atoms with van der Waals surface area (Å²) >= 11 is 0. The smallest absolute Gasteiger partial charge is 0.178 e. The molecule has 0 unspecified atom stereocenters. The summed E-state index contributed by atoms with van der Waals surface area (Å²) in [7, 11) is 0. The van der Waals surface area contributed by atoms with Crippen LogP contribution in [-0.2, 0) is 4.79 Å². The van der Waals surface area contributed by atoms with Crippen LogP contribution in [0.25, 0.3) is 0 Å². The van der Waals surface area contributed by atoms with Crippen LogP contribution in [-0.4, -0.2) is 17.5 Å². The van der Waals surface area contributed by atoms with Gasteiger partial charge in [-0.15, -0.1) is 0 Å². The van der Waals surface area contributed by atoms with Crippen LogP contribution in [0.15, 0.2) is 36.0 Å². The first-order chi connectivity index (χ1) is 10.1. The lowest BCUT2D eigenvalue weighted by atomic mass is 9.48. The van der Waals surface area contributed by atoms with Crippen LogP contribution in [0.1, 0.15) is 39.0 Å². The van der Waals surface area contributed by atoms with Crippen LogP contribution in [0.5, 0.6) is 0 Å². The van der Waals surface area contributed by atoms with E-state index in [0.29, 0.717) is 24.4 Å². The Hall–Kier alpha value is -1.15. The van der Waals surface area contributed by atoms with Gasteiger partial charge in [0.2, 0.25) is 0 Å². The summed E-state index contributed by atoms with van der Waals surface area (Å²) in [4.78, 5) is 11.7. The Kier molecular flexibility index (Phi) is 2.85. The fraction of sp³-hybridized carbons (Fsp3) is 0.632. The van der Waals surface area contributed by atoms with Crippen LogP contribution in [0, 0.1) is 28.6 Å². The fourth-order valence-corrected chi connectivity index (χ4v) is 5.76. The van der Waals surface area contributed by atoms with Gasteiger partial charge in [-0.2, -0.15) is 0 Å². The molecule has 0 aromatic heterocycles. The quantitative estimate of drug-likeness (QED) is 0.749. The predicted octanol–water partition coefficient (Wildman–Crippen LogP) is 3.43. The lowest BCUT2D eigenvalue weighted by Crippen LogP contribution is -2.50. The van der Waals surface area contributed by atoms with E-state index >= 15 is 0 Å². The molecule has 0 amide bonds. The van der Waals surface area contributed by atoms with Crippen molar-refractivity contribution in [1.29, 1.82) is 0 Å². The molecule has 0 aromatic rings. The number of carbonyl (C=O) groups is 1. The third-order valence-electron chi connectivity index (χ3n) is 6.95. The predicted molar refractivity (Wildman–Crippen MR) is 82.6 cm³/mol. The van der Waals surface area contributed by atoms with Crippen LogP contribution in [0.2, 0.25) is 0 Å². The minimum atomic E-state index is 0.0486. The van der Waals surface area contributed by atoms with Crippen molar-refractivity contribution in [3.63, 3.8) is 0 Å². The lowest BCUT2D eigenvalue weighted by molar-refractivity contribution is -0.111. The van der Waals surface area contributed by atoms with Gasteiger partial charge in [-0.1, -0.05) is 30.7 Å². The third kappa shape index (κ3) is 1.72. The van der Waals surface area contributed by atoms with Crippen molar-refractivity contribution in [1.82, 2.24) is 0 Å². The van der Waals surface area contributed by atoms with E-state index in [4.69, 9.17) is 0 Å². The maximum absolute atomic E-state index is 11.7. The summed E-state index contributed by atoms with van der Waals surface area (Å²) in [6.07, 6.45) is 16.0. The second-order valence-corrected chi connectivity index (χ2v) is 7.67. The van der Waals surface area contributed by atoms with Crippen molar-refractivity contribution in [2.45, 2.75) is 39.0 Å². The van der Waals surface area contributed by atoms with Crippen molar-refractivity contribution < 1.29 is 9.90 Å².